The summed E-state index contributed by atoms with van der Waals surface area (Å²) < 4.78 is 43.8. The predicted octanol–water partition coefficient (Wildman–Crippen LogP) is 2.70. The molecule has 0 bridgehead atoms. The van der Waals surface area contributed by atoms with Gasteiger partial charge in [0.25, 0.3) is 0 Å². The fourth-order valence-electron chi connectivity index (χ4n) is 3.94. The number of rotatable bonds is 12. The maximum absolute atomic E-state index is 15.3. The molecule has 36 heavy (non-hydrogen) atoms. The van der Waals surface area contributed by atoms with Crippen molar-refractivity contribution in [3.63, 3.8) is 0 Å². The van der Waals surface area contributed by atoms with Gasteiger partial charge in [-0.1, -0.05) is 25.8 Å². The number of nitrogens with zero attached hydrogens (tertiary/aromatic N) is 4. The van der Waals surface area contributed by atoms with E-state index in [-0.39, 0.29) is 29.0 Å². The van der Waals surface area contributed by atoms with Crippen LogP contribution < -0.4 is 5.32 Å². The minimum atomic E-state index is -4.87. The van der Waals surface area contributed by atoms with E-state index in [1.54, 1.807) is 6.92 Å². The smallest absolute Gasteiger partial charge is 0.340 e. The van der Waals surface area contributed by atoms with Crippen molar-refractivity contribution in [1.82, 2.24) is 19.7 Å². The number of alkyl halides is 1. The van der Waals surface area contributed by atoms with E-state index in [9.17, 15) is 24.2 Å². The molecular weight excluding hydrogens is 543 g/mol. The molecular formula is C19H29ClFN5O8P2. The Kier molecular flexibility index (Phi) is 9.64. The summed E-state index contributed by atoms with van der Waals surface area (Å²) in [5.41, 5.74) is -0.187. The van der Waals surface area contributed by atoms with Crippen LogP contribution in [0.15, 0.2) is 17.8 Å². The lowest BCUT2D eigenvalue weighted by molar-refractivity contribution is -0.0413. The van der Waals surface area contributed by atoms with Crippen molar-refractivity contribution in [2.45, 2.75) is 63.6 Å². The molecule has 2 aromatic heterocycles. The van der Waals surface area contributed by atoms with Crippen LogP contribution in [-0.2, 0) is 13.7 Å². The van der Waals surface area contributed by atoms with Crippen LogP contribution in [0.3, 0.4) is 0 Å². The highest BCUT2D eigenvalue weighted by molar-refractivity contribution is 7.70. The molecule has 6 N–H and O–H groups in total. The summed E-state index contributed by atoms with van der Waals surface area (Å²) in [4.78, 5) is 35.7. The zero-order valence-corrected chi connectivity index (χ0v) is 21.9. The van der Waals surface area contributed by atoms with Gasteiger partial charge in [-0.05, 0) is 36.4 Å². The second-order valence-corrected chi connectivity index (χ2v) is 12.8. The second kappa shape index (κ2) is 11.9. The van der Waals surface area contributed by atoms with Gasteiger partial charge in [-0.2, -0.15) is 15.1 Å². The first kappa shape index (κ1) is 29.1. The summed E-state index contributed by atoms with van der Waals surface area (Å²) in [6.07, 6.45) is 0.493. The van der Waals surface area contributed by atoms with E-state index in [1.165, 1.54) is 12.3 Å². The number of anilines is 1. The van der Waals surface area contributed by atoms with Crippen molar-refractivity contribution in [3.8, 4) is 0 Å². The summed E-state index contributed by atoms with van der Waals surface area (Å²) in [5, 5.41) is 28.7. The molecule has 1 saturated carbocycles. The molecule has 2 aromatic rings. The molecule has 1 aliphatic rings. The van der Waals surface area contributed by atoms with Crippen molar-refractivity contribution in [2.24, 2.45) is 0 Å². The summed E-state index contributed by atoms with van der Waals surface area (Å²) in [6.45, 7) is 0.836. The normalized spacial score (nSPS) is 19.8. The molecule has 3 rings (SSSR count). The van der Waals surface area contributed by atoms with E-state index in [1.807, 2.05) is 0 Å². The molecule has 202 valence electrons. The number of aromatic nitrogens is 4. The standard InChI is InChI=1S/C19H29ClFN5O8P2/c1-2-5-11(9-34-36(32,33)10-35(29,30)31)15(27)14(21)18(28)26-17-13(8-22-26)16(24-19(20)25-17)23-12-6-3-4-7-12/h5,8,12,14-15,18,27-28H,2-4,6-7,9-10H2,1H3,(H,32,33)(H,23,24,25)(H2,29,30,31)/b11-5-/t14-,15+,18+/m0/s1. The fourth-order valence-corrected chi connectivity index (χ4v) is 6.65. The van der Waals surface area contributed by atoms with Gasteiger partial charge in [0.1, 0.15) is 11.9 Å². The molecule has 0 saturated heterocycles. The minimum absolute atomic E-state index is 0.0246. The zero-order valence-electron chi connectivity index (χ0n) is 19.3. The van der Waals surface area contributed by atoms with Crippen molar-refractivity contribution in [3.05, 3.63) is 23.1 Å². The quantitative estimate of drug-likeness (QED) is 0.124. The Morgan fingerprint density at radius 2 is 1.97 bits per heavy atom. The predicted molar refractivity (Wildman–Crippen MR) is 129 cm³/mol. The highest BCUT2D eigenvalue weighted by atomic mass is 35.5. The Hall–Kier alpha value is -1.47. The minimum Gasteiger partial charge on any atom is -0.385 e. The second-order valence-electron chi connectivity index (χ2n) is 8.50. The maximum atomic E-state index is 15.3. The number of allylic oxidation sites excluding steroid dienone is 1. The molecule has 4 atom stereocenters. The van der Waals surface area contributed by atoms with Crippen molar-refractivity contribution in [1.29, 1.82) is 0 Å². The number of halogens is 2. The number of aliphatic hydroxyl groups is 2. The van der Waals surface area contributed by atoms with Gasteiger partial charge in [0.2, 0.25) is 5.28 Å². The summed E-state index contributed by atoms with van der Waals surface area (Å²) in [7, 11) is -9.62. The third-order valence-electron chi connectivity index (χ3n) is 5.60. The SMILES string of the molecule is CC/C=C(/COP(=O)(O)CP(=O)(O)O)[C@@H](O)[C@H](F)[C@@H](O)n1ncc2c(NC3CCCC3)nc(Cl)nc21. The van der Waals surface area contributed by atoms with Crippen LogP contribution in [0.2, 0.25) is 5.28 Å². The molecule has 0 radical (unpaired) electrons. The molecule has 1 unspecified atom stereocenters. The van der Waals surface area contributed by atoms with Crippen molar-refractivity contribution >= 4 is 43.6 Å². The van der Waals surface area contributed by atoms with Gasteiger partial charge in [-0.15, -0.1) is 0 Å². The highest BCUT2D eigenvalue weighted by Gasteiger charge is 2.35. The molecule has 0 amide bonds. The van der Waals surface area contributed by atoms with Gasteiger partial charge in [-0.25, -0.2) is 9.07 Å². The van der Waals surface area contributed by atoms with Gasteiger partial charge >= 0.3 is 15.2 Å². The maximum Gasteiger partial charge on any atom is 0.340 e. The molecule has 1 aliphatic carbocycles. The molecule has 0 spiro atoms. The third kappa shape index (κ3) is 7.53. The van der Waals surface area contributed by atoms with E-state index in [0.29, 0.717) is 11.2 Å². The largest absolute Gasteiger partial charge is 0.385 e. The highest BCUT2D eigenvalue weighted by Crippen LogP contribution is 2.55. The van der Waals surface area contributed by atoms with Crippen LogP contribution in [0.25, 0.3) is 11.0 Å². The molecule has 13 nitrogen and oxygen atoms in total. The Morgan fingerprint density at radius 1 is 1.31 bits per heavy atom. The Morgan fingerprint density at radius 3 is 2.58 bits per heavy atom. The number of aliphatic hydroxyl groups excluding tert-OH is 2. The number of nitrogens with one attached hydrogen (secondary N) is 1. The molecule has 1 fully saturated rings. The first-order valence-electron chi connectivity index (χ1n) is 11.2. The average Bonchev–Trinajstić information content (AvgIpc) is 3.43. The summed E-state index contributed by atoms with van der Waals surface area (Å²) in [5.74, 6) is -1.05. The summed E-state index contributed by atoms with van der Waals surface area (Å²) in [6, 6.07) is 0.179. The lowest BCUT2D eigenvalue weighted by Crippen LogP contribution is -2.35. The van der Waals surface area contributed by atoms with E-state index in [4.69, 9.17) is 25.9 Å². The Balaban J connectivity index is 1.79. The molecule has 17 heteroatoms. The van der Waals surface area contributed by atoms with Crippen LogP contribution >= 0.6 is 26.8 Å². The van der Waals surface area contributed by atoms with E-state index < -0.39 is 46.2 Å². The summed E-state index contributed by atoms with van der Waals surface area (Å²) >= 11 is 6.05. The van der Waals surface area contributed by atoms with E-state index in [0.717, 1.165) is 30.4 Å². The molecule has 2 heterocycles. The third-order valence-corrected chi connectivity index (χ3v) is 9.21. The van der Waals surface area contributed by atoms with Gasteiger partial charge in [0.15, 0.2) is 23.9 Å². The van der Waals surface area contributed by atoms with Crippen LogP contribution in [-0.4, -0.2) is 75.5 Å². The van der Waals surface area contributed by atoms with Gasteiger partial charge < -0.3 is 34.7 Å². The number of fused-ring (bicyclic) bond motifs is 1. The lowest BCUT2D eigenvalue weighted by Gasteiger charge is -2.24. The first-order chi connectivity index (χ1) is 16.8. The van der Waals surface area contributed by atoms with E-state index in [2.05, 4.69) is 20.4 Å². The van der Waals surface area contributed by atoms with Crippen molar-refractivity contribution in [2.75, 3.05) is 17.8 Å². The van der Waals surface area contributed by atoms with Crippen LogP contribution in [0.1, 0.15) is 45.3 Å². The Labute approximate surface area is 211 Å². The number of hydrogen-bond acceptors (Lipinski definition) is 9. The first-order valence-corrected chi connectivity index (χ1v) is 15.1. The topological polar surface area (TPSA) is 200 Å². The number of hydrogen-bond donors (Lipinski definition) is 6. The zero-order chi connectivity index (χ0) is 26.7. The average molecular weight is 572 g/mol. The molecule has 0 aliphatic heterocycles. The lowest BCUT2D eigenvalue weighted by atomic mass is 10.0. The Bertz CT molecular complexity index is 1190. The van der Waals surface area contributed by atoms with Gasteiger partial charge in [-0.3, -0.25) is 9.13 Å². The van der Waals surface area contributed by atoms with Crippen LogP contribution in [0.4, 0.5) is 10.2 Å². The fraction of sp³-hybridized carbons (Fsp3) is 0.632. The van der Waals surface area contributed by atoms with E-state index >= 15 is 4.39 Å². The molecule has 0 aromatic carbocycles. The monoisotopic (exact) mass is 571 g/mol. The van der Waals surface area contributed by atoms with Gasteiger partial charge in [0.05, 0.1) is 18.2 Å². The van der Waals surface area contributed by atoms with Crippen molar-refractivity contribution < 1.29 is 42.9 Å². The van der Waals surface area contributed by atoms with Crippen LogP contribution in [0, 0.1) is 0 Å². The van der Waals surface area contributed by atoms with Crippen LogP contribution in [0.5, 0.6) is 0 Å². The van der Waals surface area contributed by atoms with Gasteiger partial charge in [0, 0.05) is 6.04 Å².